The molecule has 2 aliphatic heterocycles. The zero-order valence-electron chi connectivity index (χ0n) is 20.4. The molecule has 10 nitrogen and oxygen atoms in total. The molecule has 0 saturated carbocycles. The predicted octanol–water partition coefficient (Wildman–Crippen LogP) is 2.53. The van der Waals surface area contributed by atoms with Crippen molar-refractivity contribution in [2.24, 2.45) is 4.99 Å². The lowest BCUT2D eigenvalue weighted by Gasteiger charge is -2.49. The van der Waals surface area contributed by atoms with Gasteiger partial charge in [-0.3, -0.25) is 30.1 Å². The molecule has 4 aromatic rings. The topological polar surface area (TPSA) is 113 Å². The van der Waals surface area contributed by atoms with E-state index >= 15 is 0 Å². The summed E-state index contributed by atoms with van der Waals surface area (Å²) in [5, 5.41) is 11.0. The van der Waals surface area contributed by atoms with E-state index in [-0.39, 0.29) is 17.3 Å². The van der Waals surface area contributed by atoms with E-state index < -0.39 is 16.2 Å². The van der Waals surface area contributed by atoms with Gasteiger partial charge >= 0.3 is 6.03 Å². The number of hydrogen-bond acceptors (Lipinski definition) is 7. The molecular weight excluding hydrogens is 504 g/mol. The van der Waals surface area contributed by atoms with E-state index in [2.05, 4.69) is 5.43 Å². The van der Waals surface area contributed by atoms with Crippen LogP contribution in [0.1, 0.15) is 16.7 Å². The third kappa shape index (κ3) is 3.08. The quantitative estimate of drug-likeness (QED) is 0.324. The average Bonchev–Trinajstić information content (AvgIpc) is 3.33. The molecule has 1 aromatic heterocycles. The summed E-state index contributed by atoms with van der Waals surface area (Å²) in [5.74, 6) is 0. The summed E-state index contributed by atoms with van der Waals surface area (Å²) in [6, 6.07) is 24.8. The van der Waals surface area contributed by atoms with Gasteiger partial charge in [0.25, 0.3) is 11.2 Å². The molecule has 0 spiro atoms. The molecule has 1 saturated heterocycles. The number of amides is 2. The SMILES string of the molecule is CN1C(=O)N(C)[C@]2(c3ccccc3)Nn3c(s/c(=C\c4ccc([N+](=O)[O-])cc4)c3=O)=N[C@]12c1ccccc1. The fraction of sp³-hybridized carbons (Fsp3) is 0.148. The lowest BCUT2D eigenvalue weighted by atomic mass is 9.80. The molecule has 0 aliphatic carbocycles. The van der Waals surface area contributed by atoms with E-state index in [9.17, 15) is 19.7 Å². The Bertz CT molecular complexity index is 1750. The van der Waals surface area contributed by atoms with Gasteiger partial charge in [0.1, 0.15) is 0 Å². The van der Waals surface area contributed by atoms with Gasteiger partial charge in [-0.1, -0.05) is 72.0 Å². The van der Waals surface area contributed by atoms with Crippen molar-refractivity contribution < 1.29 is 9.72 Å². The highest BCUT2D eigenvalue weighted by molar-refractivity contribution is 7.07. The maximum absolute atomic E-state index is 13.7. The largest absolute Gasteiger partial charge is 0.324 e. The van der Waals surface area contributed by atoms with E-state index in [0.717, 1.165) is 11.1 Å². The van der Waals surface area contributed by atoms with Crippen molar-refractivity contribution in [2.45, 2.75) is 11.3 Å². The Kier molecular flexibility index (Phi) is 5.21. The molecule has 3 aromatic carbocycles. The Morgan fingerprint density at radius 1 is 0.895 bits per heavy atom. The van der Waals surface area contributed by atoms with Crippen LogP contribution in [0.4, 0.5) is 10.5 Å². The highest BCUT2D eigenvalue weighted by atomic mass is 32.1. The summed E-state index contributed by atoms with van der Waals surface area (Å²) >= 11 is 1.18. The number of nitrogens with one attached hydrogen (secondary N) is 1. The number of likely N-dealkylation sites (N-methyl/N-ethyl adjacent to an activating group) is 2. The molecule has 0 unspecified atom stereocenters. The minimum atomic E-state index is -1.25. The first-order chi connectivity index (χ1) is 18.3. The second kappa shape index (κ2) is 8.38. The van der Waals surface area contributed by atoms with Crippen molar-refractivity contribution in [3.8, 4) is 0 Å². The van der Waals surface area contributed by atoms with Crippen molar-refractivity contribution in [2.75, 3.05) is 19.5 Å². The number of non-ortho nitro benzene ring substituents is 1. The van der Waals surface area contributed by atoms with Gasteiger partial charge in [0.2, 0.25) is 16.1 Å². The van der Waals surface area contributed by atoms with Crippen molar-refractivity contribution in [3.05, 3.63) is 131 Å². The van der Waals surface area contributed by atoms with Crippen molar-refractivity contribution in [1.29, 1.82) is 0 Å². The molecule has 6 rings (SSSR count). The van der Waals surface area contributed by atoms with Crippen LogP contribution < -0.4 is 20.3 Å². The maximum atomic E-state index is 13.7. The average molecular weight is 527 g/mol. The molecule has 0 bridgehead atoms. The molecule has 3 heterocycles. The summed E-state index contributed by atoms with van der Waals surface area (Å²) in [6.45, 7) is 0. The van der Waals surface area contributed by atoms with E-state index in [1.54, 1.807) is 42.1 Å². The summed E-state index contributed by atoms with van der Waals surface area (Å²) in [4.78, 5) is 46.6. The number of nitro benzene ring substituents is 1. The Hall–Kier alpha value is -4.77. The van der Waals surface area contributed by atoms with Crippen LogP contribution in [0.25, 0.3) is 6.08 Å². The summed E-state index contributed by atoms with van der Waals surface area (Å²) in [7, 11) is 3.42. The van der Waals surface area contributed by atoms with Crippen molar-refractivity contribution in [3.63, 3.8) is 0 Å². The van der Waals surface area contributed by atoms with Crippen LogP contribution in [-0.4, -0.2) is 39.5 Å². The van der Waals surface area contributed by atoms with Gasteiger partial charge in [0.05, 0.1) is 9.46 Å². The van der Waals surface area contributed by atoms with Crippen molar-refractivity contribution >= 4 is 29.1 Å². The molecule has 11 heteroatoms. The van der Waals surface area contributed by atoms with E-state index in [1.165, 1.54) is 28.1 Å². The number of urea groups is 1. The van der Waals surface area contributed by atoms with Crippen LogP contribution in [0.3, 0.4) is 0 Å². The standard InChI is InChI=1S/C27H22N6O4S/c1-30-25(35)31(2)27(20-11-7-4-8-12-20)26(30,19-9-5-3-6-10-19)28-24-32(29-27)23(34)22(38-24)17-18-13-15-21(16-14-18)33(36)37/h3-17,29H,1-2H3/b22-17-/t26-,27+/m1/s1. The van der Waals surface area contributed by atoms with E-state index in [0.29, 0.717) is 14.9 Å². The first-order valence-corrected chi connectivity index (χ1v) is 12.6. The van der Waals surface area contributed by atoms with Gasteiger partial charge in [-0.25, -0.2) is 9.79 Å². The van der Waals surface area contributed by atoms with Gasteiger partial charge in [-0.2, -0.15) is 4.68 Å². The number of nitrogens with zero attached hydrogens (tertiary/aromatic N) is 5. The van der Waals surface area contributed by atoms with Gasteiger partial charge in [0.15, 0.2) is 0 Å². The highest BCUT2D eigenvalue weighted by Gasteiger charge is 2.69. The molecule has 2 atom stereocenters. The highest BCUT2D eigenvalue weighted by Crippen LogP contribution is 2.53. The van der Waals surface area contributed by atoms with Crippen LogP contribution in [-0.2, 0) is 11.3 Å². The molecule has 190 valence electrons. The molecule has 1 fully saturated rings. The lowest BCUT2D eigenvalue weighted by Crippen LogP contribution is -2.67. The number of fused-ring (bicyclic) bond motifs is 2. The molecule has 2 amide bonds. The number of nitro groups is 1. The Morgan fingerprint density at radius 3 is 2.11 bits per heavy atom. The van der Waals surface area contributed by atoms with E-state index in [1.807, 2.05) is 60.7 Å². The predicted molar refractivity (Wildman–Crippen MR) is 143 cm³/mol. The molecular formula is C27H22N6O4S. The number of rotatable bonds is 4. The number of carbonyl (C=O) groups excluding carboxylic acids is 1. The second-order valence-corrected chi connectivity index (χ2v) is 10.1. The van der Waals surface area contributed by atoms with Crippen LogP contribution in [0.2, 0.25) is 0 Å². The first kappa shape index (κ1) is 23.6. The molecule has 1 N–H and O–H groups in total. The minimum absolute atomic E-state index is 0.0285. The monoisotopic (exact) mass is 526 g/mol. The number of benzene rings is 3. The fourth-order valence-electron chi connectivity index (χ4n) is 5.36. The summed E-state index contributed by atoms with van der Waals surface area (Å²) < 4.78 is 1.78. The smallest absolute Gasteiger partial charge is 0.295 e. The van der Waals surface area contributed by atoms with Gasteiger partial charge in [-0.15, -0.1) is 0 Å². The third-order valence-electron chi connectivity index (χ3n) is 7.17. The summed E-state index contributed by atoms with van der Waals surface area (Å²) in [6.07, 6.45) is 1.68. The van der Waals surface area contributed by atoms with Crippen LogP contribution in [0.5, 0.6) is 0 Å². The molecule has 2 aliphatic rings. The zero-order valence-corrected chi connectivity index (χ0v) is 21.3. The van der Waals surface area contributed by atoms with Gasteiger partial charge < -0.3 is 0 Å². The minimum Gasteiger partial charge on any atom is -0.295 e. The van der Waals surface area contributed by atoms with Crippen LogP contribution >= 0.6 is 11.3 Å². The molecule has 38 heavy (non-hydrogen) atoms. The second-order valence-electron chi connectivity index (χ2n) is 9.12. The number of aromatic nitrogens is 1. The summed E-state index contributed by atoms with van der Waals surface area (Å²) in [5.41, 5.74) is 2.76. The van der Waals surface area contributed by atoms with Gasteiger partial charge in [-0.05, 0) is 23.8 Å². The normalized spacial score (nSPS) is 22.5. The Labute approximate surface area is 220 Å². The zero-order chi connectivity index (χ0) is 26.7. The number of carbonyl (C=O) groups is 1. The lowest BCUT2D eigenvalue weighted by molar-refractivity contribution is -0.384. The Balaban J connectivity index is 1.65. The number of hydrogen-bond donors (Lipinski definition) is 1. The van der Waals surface area contributed by atoms with Crippen LogP contribution in [0, 0.1) is 10.1 Å². The third-order valence-corrected chi connectivity index (χ3v) is 8.14. The maximum Gasteiger partial charge on any atom is 0.324 e. The van der Waals surface area contributed by atoms with E-state index in [4.69, 9.17) is 4.99 Å². The number of thiazole rings is 1. The fourth-order valence-corrected chi connectivity index (χ4v) is 6.33. The Morgan fingerprint density at radius 2 is 1.50 bits per heavy atom. The van der Waals surface area contributed by atoms with Crippen LogP contribution in [0.15, 0.2) is 94.7 Å². The first-order valence-electron chi connectivity index (χ1n) is 11.8. The molecule has 0 radical (unpaired) electrons. The van der Waals surface area contributed by atoms with Gasteiger partial charge in [0, 0.05) is 37.4 Å². The van der Waals surface area contributed by atoms with Crippen molar-refractivity contribution in [1.82, 2.24) is 14.5 Å².